The third-order valence-electron chi connectivity index (χ3n) is 6.03. The van der Waals surface area contributed by atoms with Gasteiger partial charge in [0.05, 0.1) is 0 Å². The number of ether oxygens (including phenoxy) is 1. The number of rotatable bonds is 7. The maximum Gasteiger partial charge on any atom is 0.262 e. The van der Waals surface area contributed by atoms with Crippen molar-refractivity contribution in [3.63, 3.8) is 0 Å². The quantitative estimate of drug-likeness (QED) is 0.500. The van der Waals surface area contributed by atoms with E-state index >= 15 is 0 Å². The Hall–Kier alpha value is -3.18. The van der Waals surface area contributed by atoms with Crippen molar-refractivity contribution in [3.8, 4) is 16.9 Å². The van der Waals surface area contributed by atoms with Crippen LogP contribution < -0.4 is 10.1 Å². The largest absolute Gasteiger partial charge is 0.484 e. The molecule has 0 aliphatic carbocycles. The molecule has 0 radical (unpaired) electrons. The van der Waals surface area contributed by atoms with Gasteiger partial charge in [0.25, 0.3) is 5.91 Å². The molecule has 166 valence electrons. The van der Waals surface area contributed by atoms with E-state index in [1.807, 2.05) is 31.2 Å². The number of carbonyl (C=O) groups is 1. The maximum atomic E-state index is 14.6. The van der Waals surface area contributed by atoms with E-state index in [2.05, 4.69) is 41.4 Å². The average Bonchev–Trinajstić information content (AvgIpc) is 3.34. The van der Waals surface area contributed by atoms with Crippen LogP contribution in [0.5, 0.6) is 5.75 Å². The third-order valence-corrected chi connectivity index (χ3v) is 6.03. The predicted molar refractivity (Wildman–Crippen MR) is 126 cm³/mol. The SMILES string of the molecule is Cc1ccc(-c2ccc(NC(=O)COc3ccc(C(C)N4CCCC4)c(F)c3)cc2)cc1. The van der Waals surface area contributed by atoms with Crippen molar-refractivity contribution in [3.05, 3.63) is 83.7 Å². The van der Waals surface area contributed by atoms with Crippen molar-refractivity contribution >= 4 is 11.6 Å². The van der Waals surface area contributed by atoms with Crippen molar-refractivity contribution in [1.82, 2.24) is 4.90 Å². The minimum atomic E-state index is -0.297. The Bertz CT molecular complexity index is 1060. The summed E-state index contributed by atoms with van der Waals surface area (Å²) in [6.07, 6.45) is 2.33. The van der Waals surface area contributed by atoms with Gasteiger partial charge < -0.3 is 10.1 Å². The first-order chi connectivity index (χ1) is 15.5. The molecule has 1 unspecified atom stereocenters. The summed E-state index contributed by atoms with van der Waals surface area (Å²) >= 11 is 0. The monoisotopic (exact) mass is 432 g/mol. The molecular weight excluding hydrogens is 403 g/mol. The van der Waals surface area contributed by atoms with Gasteiger partial charge in [0.15, 0.2) is 6.61 Å². The molecule has 4 nitrogen and oxygen atoms in total. The van der Waals surface area contributed by atoms with Crippen LogP contribution in [0.3, 0.4) is 0 Å². The number of halogens is 1. The molecular formula is C27H29FN2O2. The number of aryl methyl sites for hydroxylation is 1. The number of amides is 1. The van der Waals surface area contributed by atoms with Crippen LogP contribution in [0.25, 0.3) is 11.1 Å². The molecule has 0 aromatic heterocycles. The second-order valence-corrected chi connectivity index (χ2v) is 8.38. The topological polar surface area (TPSA) is 41.6 Å². The number of anilines is 1. The van der Waals surface area contributed by atoms with E-state index in [9.17, 15) is 9.18 Å². The lowest BCUT2D eigenvalue weighted by Gasteiger charge is -2.24. The number of hydrogen-bond acceptors (Lipinski definition) is 3. The first kappa shape index (κ1) is 22.0. The van der Waals surface area contributed by atoms with Crippen LogP contribution in [0.2, 0.25) is 0 Å². The molecule has 1 aliphatic rings. The Kier molecular flexibility index (Phi) is 6.86. The van der Waals surface area contributed by atoms with Gasteiger partial charge in [-0.1, -0.05) is 48.0 Å². The summed E-state index contributed by atoms with van der Waals surface area (Å²) in [4.78, 5) is 14.6. The van der Waals surface area contributed by atoms with Crippen molar-refractivity contribution < 1.29 is 13.9 Å². The zero-order valence-corrected chi connectivity index (χ0v) is 18.6. The molecule has 1 amide bonds. The minimum Gasteiger partial charge on any atom is -0.484 e. The lowest BCUT2D eigenvalue weighted by molar-refractivity contribution is -0.118. The fraction of sp³-hybridized carbons (Fsp3) is 0.296. The molecule has 3 aromatic carbocycles. The van der Waals surface area contributed by atoms with E-state index < -0.39 is 0 Å². The second-order valence-electron chi connectivity index (χ2n) is 8.38. The first-order valence-corrected chi connectivity index (χ1v) is 11.1. The standard InChI is InChI=1S/C27H29FN2O2/c1-19-5-7-21(8-6-19)22-9-11-23(12-10-22)29-27(31)18-32-24-13-14-25(26(28)17-24)20(2)30-15-3-4-16-30/h5-14,17,20H,3-4,15-16,18H2,1-2H3,(H,29,31). The van der Waals surface area contributed by atoms with Crippen molar-refractivity contribution in [2.75, 3.05) is 25.0 Å². The van der Waals surface area contributed by atoms with E-state index in [1.54, 1.807) is 12.1 Å². The molecule has 32 heavy (non-hydrogen) atoms. The first-order valence-electron chi connectivity index (χ1n) is 11.1. The Morgan fingerprint density at radius 3 is 2.25 bits per heavy atom. The van der Waals surface area contributed by atoms with Gasteiger partial charge in [0.1, 0.15) is 11.6 Å². The summed E-state index contributed by atoms with van der Waals surface area (Å²) in [5.74, 6) is -0.234. The molecule has 3 aromatic rings. The van der Waals surface area contributed by atoms with Crippen LogP contribution in [-0.4, -0.2) is 30.5 Å². The molecule has 0 spiro atoms. The molecule has 5 heteroatoms. The summed E-state index contributed by atoms with van der Waals surface area (Å²) in [7, 11) is 0. The van der Waals surface area contributed by atoms with E-state index in [1.165, 1.54) is 11.6 Å². The number of hydrogen-bond donors (Lipinski definition) is 1. The van der Waals surface area contributed by atoms with Crippen LogP contribution in [0.1, 0.15) is 36.9 Å². The van der Waals surface area contributed by atoms with Gasteiger partial charge in [0.2, 0.25) is 0 Å². The summed E-state index contributed by atoms with van der Waals surface area (Å²) < 4.78 is 20.1. The smallest absolute Gasteiger partial charge is 0.262 e. The zero-order chi connectivity index (χ0) is 22.5. The fourth-order valence-electron chi connectivity index (χ4n) is 4.10. The Morgan fingerprint density at radius 1 is 1.00 bits per heavy atom. The van der Waals surface area contributed by atoms with E-state index in [4.69, 9.17) is 4.74 Å². The second kappa shape index (κ2) is 9.96. The normalized spacial score (nSPS) is 14.8. The summed E-state index contributed by atoms with van der Waals surface area (Å²) in [5, 5.41) is 2.82. The molecule has 1 saturated heterocycles. The van der Waals surface area contributed by atoms with Gasteiger partial charge in [-0.15, -0.1) is 0 Å². The number of benzene rings is 3. The van der Waals surface area contributed by atoms with Crippen LogP contribution in [-0.2, 0) is 4.79 Å². The van der Waals surface area contributed by atoms with Crippen molar-refractivity contribution in [2.24, 2.45) is 0 Å². The van der Waals surface area contributed by atoms with Gasteiger partial charge in [-0.25, -0.2) is 4.39 Å². The number of nitrogens with zero attached hydrogens (tertiary/aromatic N) is 1. The third kappa shape index (κ3) is 5.35. The van der Waals surface area contributed by atoms with Crippen molar-refractivity contribution in [1.29, 1.82) is 0 Å². The number of carbonyl (C=O) groups excluding carboxylic acids is 1. The van der Waals surface area contributed by atoms with Crippen LogP contribution >= 0.6 is 0 Å². The fourth-order valence-corrected chi connectivity index (χ4v) is 4.10. The molecule has 1 fully saturated rings. The van der Waals surface area contributed by atoms with Gasteiger partial charge in [-0.3, -0.25) is 9.69 Å². The summed E-state index contributed by atoms with van der Waals surface area (Å²) in [5.41, 5.74) is 4.78. The Labute approximate surface area is 189 Å². The average molecular weight is 433 g/mol. The van der Waals surface area contributed by atoms with Gasteiger partial charge in [-0.05, 0) is 69.1 Å². The molecule has 1 N–H and O–H groups in total. The Balaban J connectivity index is 1.31. The highest BCUT2D eigenvalue weighted by atomic mass is 19.1. The molecule has 4 rings (SSSR count). The highest BCUT2D eigenvalue weighted by Gasteiger charge is 2.22. The highest BCUT2D eigenvalue weighted by molar-refractivity contribution is 5.92. The number of nitrogens with one attached hydrogen (secondary N) is 1. The summed E-state index contributed by atoms with van der Waals surface area (Å²) in [6, 6.07) is 20.9. The maximum absolute atomic E-state index is 14.6. The lowest BCUT2D eigenvalue weighted by atomic mass is 10.0. The Morgan fingerprint density at radius 2 is 1.62 bits per heavy atom. The molecule has 1 heterocycles. The molecule has 1 aliphatic heterocycles. The van der Waals surface area contributed by atoms with E-state index in [0.717, 1.165) is 37.1 Å². The molecule has 1 atom stereocenters. The highest BCUT2D eigenvalue weighted by Crippen LogP contribution is 2.28. The lowest BCUT2D eigenvalue weighted by Crippen LogP contribution is -2.24. The molecule has 0 bridgehead atoms. The minimum absolute atomic E-state index is 0.0396. The van der Waals surface area contributed by atoms with Crippen molar-refractivity contribution in [2.45, 2.75) is 32.7 Å². The van der Waals surface area contributed by atoms with Crippen LogP contribution in [0, 0.1) is 12.7 Å². The van der Waals surface area contributed by atoms with Gasteiger partial charge in [0, 0.05) is 23.4 Å². The van der Waals surface area contributed by atoms with Gasteiger partial charge in [-0.2, -0.15) is 0 Å². The summed E-state index contributed by atoms with van der Waals surface area (Å²) in [6.45, 7) is 5.92. The predicted octanol–water partition coefficient (Wildman–Crippen LogP) is 5.98. The van der Waals surface area contributed by atoms with E-state index in [0.29, 0.717) is 17.0 Å². The van der Waals surface area contributed by atoms with Crippen LogP contribution in [0.15, 0.2) is 66.7 Å². The van der Waals surface area contributed by atoms with Crippen LogP contribution in [0.4, 0.5) is 10.1 Å². The molecule has 0 saturated carbocycles. The number of likely N-dealkylation sites (tertiary alicyclic amines) is 1. The van der Waals surface area contributed by atoms with Gasteiger partial charge >= 0.3 is 0 Å². The van der Waals surface area contributed by atoms with E-state index in [-0.39, 0.29) is 24.4 Å². The zero-order valence-electron chi connectivity index (χ0n) is 18.6.